The van der Waals surface area contributed by atoms with Gasteiger partial charge in [-0.1, -0.05) is 29.8 Å². The first-order chi connectivity index (χ1) is 15.5. The second-order valence-electron chi connectivity index (χ2n) is 7.81. The number of fused-ring (bicyclic) bond motifs is 1. The van der Waals surface area contributed by atoms with Crippen LogP contribution in [0, 0.1) is 0 Å². The van der Waals surface area contributed by atoms with Crippen LogP contribution < -0.4 is 15.4 Å². The molecule has 0 aliphatic carbocycles. The lowest BCUT2D eigenvalue weighted by Gasteiger charge is -2.23. The van der Waals surface area contributed by atoms with E-state index in [2.05, 4.69) is 10.6 Å². The summed E-state index contributed by atoms with van der Waals surface area (Å²) in [6.07, 6.45) is 5.24. The number of ether oxygens (including phenoxy) is 2. The lowest BCUT2D eigenvalue weighted by molar-refractivity contribution is -0.118. The molecular formula is C25H25ClN2O4. The smallest absolute Gasteiger partial charge is 0.267 e. The van der Waals surface area contributed by atoms with Crippen LogP contribution in [0.5, 0.6) is 5.75 Å². The Kier molecular flexibility index (Phi) is 6.93. The standard InChI is InChI=1S/C25H25ClN2O4/c1-16-19(13-18-5-2-3-7-23(18)32-16)14-22(25(30)27-15-21-6-4-12-31-21)28-24(29)17-8-10-20(26)11-9-17/h2-3,5,7-11,13-14,16,21H,4,6,12,15H2,1H3,(H,27,30)(H,28,29)/b22-14-/t16-,21-/m0/s1. The van der Waals surface area contributed by atoms with Crippen LogP contribution in [-0.4, -0.2) is 37.2 Å². The molecule has 0 aromatic heterocycles. The van der Waals surface area contributed by atoms with Crippen molar-refractivity contribution in [2.45, 2.75) is 32.0 Å². The molecule has 2 heterocycles. The van der Waals surface area contributed by atoms with Gasteiger partial charge in [0.15, 0.2) is 0 Å². The third-order valence-corrected chi connectivity index (χ3v) is 5.69. The molecule has 0 unspecified atom stereocenters. The van der Waals surface area contributed by atoms with Crippen molar-refractivity contribution >= 4 is 29.5 Å². The van der Waals surface area contributed by atoms with Crippen molar-refractivity contribution in [1.82, 2.24) is 10.6 Å². The van der Waals surface area contributed by atoms with E-state index in [1.54, 1.807) is 30.3 Å². The lowest BCUT2D eigenvalue weighted by Crippen LogP contribution is -2.38. The van der Waals surface area contributed by atoms with Gasteiger partial charge in [0.2, 0.25) is 0 Å². The number of amides is 2. The highest BCUT2D eigenvalue weighted by molar-refractivity contribution is 6.30. The summed E-state index contributed by atoms with van der Waals surface area (Å²) in [7, 11) is 0. The fourth-order valence-electron chi connectivity index (χ4n) is 3.65. The van der Waals surface area contributed by atoms with Gasteiger partial charge in [-0.15, -0.1) is 0 Å². The molecule has 0 saturated carbocycles. The van der Waals surface area contributed by atoms with Gasteiger partial charge in [0, 0.05) is 29.3 Å². The Labute approximate surface area is 192 Å². The maximum absolute atomic E-state index is 13.0. The summed E-state index contributed by atoms with van der Waals surface area (Å²) in [5, 5.41) is 6.16. The zero-order valence-electron chi connectivity index (χ0n) is 17.8. The van der Waals surface area contributed by atoms with Crippen LogP contribution in [0.15, 0.2) is 65.9 Å². The van der Waals surface area contributed by atoms with Gasteiger partial charge in [-0.2, -0.15) is 0 Å². The Morgan fingerprint density at radius 3 is 2.69 bits per heavy atom. The molecule has 0 radical (unpaired) electrons. The average Bonchev–Trinajstić information content (AvgIpc) is 3.31. The average molecular weight is 453 g/mol. The summed E-state index contributed by atoms with van der Waals surface area (Å²) >= 11 is 5.92. The summed E-state index contributed by atoms with van der Waals surface area (Å²) in [5.41, 5.74) is 2.24. The predicted molar refractivity (Wildman–Crippen MR) is 123 cm³/mol. The Hall–Kier alpha value is -3.09. The zero-order chi connectivity index (χ0) is 22.5. The molecule has 1 fully saturated rings. The van der Waals surface area contributed by atoms with Gasteiger partial charge in [-0.3, -0.25) is 9.59 Å². The number of hydrogen-bond acceptors (Lipinski definition) is 4. The van der Waals surface area contributed by atoms with Crippen LogP contribution in [-0.2, 0) is 9.53 Å². The third kappa shape index (κ3) is 5.39. The highest BCUT2D eigenvalue weighted by Gasteiger charge is 2.22. The summed E-state index contributed by atoms with van der Waals surface area (Å²) in [6.45, 7) is 3.00. The van der Waals surface area contributed by atoms with Crippen LogP contribution in [0.2, 0.25) is 5.02 Å². The molecule has 2 aromatic rings. The van der Waals surface area contributed by atoms with Gasteiger partial charge >= 0.3 is 0 Å². The largest absolute Gasteiger partial charge is 0.485 e. The maximum Gasteiger partial charge on any atom is 0.267 e. The molecule has 2 atom stereocenters. The number of halogens is 1. The number of carbonyl (C=O) groups excluding carboxylic acids is 2. The molecule has 2 amide bonds. The van der Waals surface area contributed by atoms with E-state index in [0.717, 1.165) is 29.7 Å². The molecule has 6 nitrogen and oxygen atoms in total. The maximum atomic E-state index is 13.0. The first kappa shape index (κ1) is 22.1. The molecule has 4 rings (SSSR count). The SMILES string of the molecule is C[C@@H]1Oc2ccccc2C=C1/C=C(\NC(=O)c1ccc(Cl)cc1)C(=O)NC[C@@H]1CCCO1. The highest BCUT2D eigenvalue weighted by atomic mass is 35.5. The molecule has 166 valence electrons. The number of nitrogens with one attached hydrogen (secondary N) is 2. The van der Waals surface area contributed by atoms with E-state index >= 15 is 0 Å². The molecule has 2 aliphatic rings. The number of benzene rings is 2. The van der Waals surface area contributed by atoms with E-state index in [1.165, 1.54) is 0 Å². The predicted octanol–water partition coefficient (Wildman–Crippen LogP) is 4.11. The van der Waals surface area contributed by atoms with Gasteiger partial charge in [0.25, 0.3) is 11.8 Å². The summed E-state index contributed by atoms with van der Waals surface area (Å²) in [4.78, 5) is 25.8. The van der Waals surface area contributed by atoms with Crippen molar-refractivity contribution in [2.75, 3.05) is 13.2 Å². The van der Waals surface area contributed by atoms with Crippen LogP contribution in [0.4, 0.5) is 0 Å². The van der Waals surface area contributed by atoms with Crippen LogP contribution in [0.25, 0.3) is 6.08 Å². The Morgan fingerprint density at radius 1 is 1.16 bits per heavy atom. The van der Waals surface area contributed by atoms with Gasteiger partial charge in [0.1, 0.15) is 17.6 Å². The molecule has 32 heavy (non-hydrogen) atoms. The molecular weight excluding hydrogens is 428 g/mol. The number of carbonyl (C=O) groups is 2. The van der Waals surface area contributed by atoms with Crippen molar-refractivity contribution in [3.05, 3.63) is 82.0 Å². The summed E-state index contributed by atoms with van der Waals surface area (Å²) in [6, 6.07) is 14.2. The van der Waals surface area contributed by atoms with Crippen LogP contribution >= 0.6 is 11.6 Å². The second-order valence-corrected chi connectivity index (χ2v) is 8.24. The number of para-hydroxylation sites is 1. The normalized spacial score (nSPS) is 20.1. The molecule has 1 saturated heterocycles. The minimum Gasteiger partial charge on any atom is -0.485 e. The molecule has 2 aliphatic heterocycles. The van der Waals surface area contributed by atoms with Crippen molar-refractivity contribution in [1.29, 1.82) is 0 Å². The quantitative estimate of drug-likeness (QED) is 0.646. The second kappa shape index (κ2) is 10.0. The minimum atomic E-state index is -0.398. The monoisotopic (exact) mass is 452 g/mol. The lowest BCUT2D eigenvalue weighted by atomic mass is 10.0. The Balaban J connectivity index is 1.58. The first-order valence-corrected chi connectivity index (χ1v) is 11.0. The fourth-order valence-corrected chi connectivity index (χ4v) is 3.78. The van der Waals surface area contributed by atoms with Crippen molar-refractivity contribution in [2.24, 2.45) is 0 Å². The van der Waals surface area contributed by atoms with Gasteiger partial charge in [-0.25, -0.2) is 0 Å². The number of hydrogen-bond donors (Lipinski definition) is 2. The molecule has 0 spiro atoms. The topological polar surface area (TPSA) is 76.7 Å². The Bertz CT molecular complexity index is 1060. The van der Waals surface area contributed by atoms with E-state index in [4.69, 9.17) is 21.1 Å². The Morgan fingerprint density at radius 2 is 1.94 bits per heavy atom. The summed E-state index contributed by atoms with van der Waals surface area (Å²) < 4.78 is 11.6. The highest BCUT2D eigenvalue weighted by Crippen LogP contribution is 2.30. The summed E-state index contributed by atoms with van der Waals surface area (Å²) in [5.74, 6) is 0.00655. The molecule has 0 bridgehead atoms. The number of rotatable bonds is 6. The van der Waals surface area contributed by atoms with Gasteiger partial charge in [0.05, 0.1) is 6.10 Å². The van der Waals surface area contributed by atoms with Crippen molar-refractivity contribution in [3.63, 3.8) is 0 Å². The van der Waals surface area contributed by atoms with E-state index in [1.807, 2.05) is 37.3 Å². The van der Waals surface area contributed by atoms with E-state index in [0.29, 0.717) is 23.7 Å². The van der Waals surface area contributed by atoms with E-state index < -0.39 is 5.91 Å². The van der Waals surface area contributed by atoms with E-state index in [-0.39, 0.29) is 23.8 Å². The third-order valence-electron chi connectivity index (χ3n) is 5.44. The molecule has 2 N–H and O–H groups in total. The van der Waals surface area contributed by atoms with Gasteiger partial charge < -0.3 is 20.1 Å². The first-order valence-electron chi connectivity index (χ1n) is 10.7. The van der Waals surface area contributed by atoms with Gasteiger partial charge in [-0.05, 0) is 67.8 Å². The molecule has 2 aromatic carbocycles. The van der Waals surface area contributed by atoms with E-state index in [9.17, 15) is 9.59 Å². The van der Waals surface area contributed by atoms with Crippen LogP contribution in [0.3, 0.4) is 0 Å². The van der Waals surface area contributed by atoms with Crippen molar-refractivity contribution in [3.8, 4) is 5.75 Å². The fraction of sp³-hybridized carbons (Fsp3) is 0.280. The molecule has 7 heteroatoms. The minimum absolute atomic E-state index is 0.00445. The van der Waals surface area contributed by atoms with Crippen molar-refractivity contribution < 1.29 is 19.1 Å². The zero-order valence-corrected chi connectivity index (χ0v) is 18.5. The van der Waals surface area contributed by atoms with Crippen LogP contribution in [0.1, 0.15) is 35.7 Å².